The van der Waals surface area contributed by atoms with E-state index in [0.29, 0.717) is 16.4 Å². The number of carbonyl (C=O) groups is 1. The second-order valence-electron chi connectivity index (χ2n) is 5.77. The molecule has 1 aromatic heterocycles. The van der Waals surface area contributed by atoms with E-state index < -0.39 is 0 Å². The molecule has 1 heterocycles. The number of carbonyl (C=O) groups excluding carboxylic acids is 1. The molecule has 0 fully saturated rings. The molecule has 128 valence electrons. The van der Waals surface area contributed by atoms with Gasteiger partial charge in [-0.05, 0) is 42.5 Å². The summed E-state index contributed by atoms with van der Waals surface area (Å²) >= 11 is 1.50. The quantitative estimate of drug-likeness (QED) is 0.492. The van der Waals surface area contributed by atoms with Crippen molar-refractivity contribution in [2.24, 2.45) is 0 Å². The van der Waals surface area contributed by atoms with Crippen molar-refractivity contribution in [1.82, 2.24) is 4.98 Å². The van der Waals surface area contributed by atoms with Gasteiger partial charge in [-0.15, -0.1) is 0 Å². The molecule has 0 aliphatic carbocycles. The van der Waals surface area contributed by atoms with Crippen molar-refractivity contribution in [3.8, 4) is 11.5 Å². The predicted octanol–water partition coefficient (Wildman–Crippen LogP) is 5.37. The molecule has 0 unspecified atom stereocenters. The van der Waals surface area contributed by atoms with Crippen molar-refractivity contribution < 1.29 is 9.53 Å². The van der Waals surface area contributed by atoms with Gasteiger partial charge >= 0.3 is 0 Å². The third-order valence-electron chi connectivity index (χ3n) is 3.93. The molecular weight excluding hydrogens is 344 g/mol. The Morgan fingerprint density at radius 3 is 2.46 bits per heavy atom. The third kappa shape index (κ3) is 3.30. The Kier molecular flexibility index (Phi) is 4.37. The smallest absolute Gasteiger partial charge is 0.259 e. The number of ether oxygens (including phenoxy) is 1. The van der Waals surface area contributed by atoms with Crippen LogP contribution >= 0.6 is 11.3 Å². The molecule has 0 N–H and O–H groups in total. The number of benzene rings is 3. The molecular formula is C21H16N2O2S. The first-order valence-corrected chi connectivity index (χ1v) is 8.99. The number of rotatable bonds is 4. The van der Waals surface area contributed by atoms with Crippen LogP contribution in [0.1, 0.15) is 10.4 Å². The molecule has 0 saturated heterocycles. The highest BCUT2D eigenvalue weighted by molar-refractivity contribution is 7.22. The molecule has 0 aliphatic rings. The van der Waals surface area contributed by atoms with Crippen molar-refractivity contribution in [3.05, 3.63) is 84.4 Å². The number of hydrogen-bond donors (Lipinski definition) is 0. The molecule has 1 amide bonds. The number of fused-ring (bicyclic) bond motifs is 1. The van der Waals surface area contributed by atoms with Gasteiger partial charge in [-0.2, -0.15) is 0 Å². The highest BCUT2D eigenvalue weighted by atomic mass is 32.1. The van der Waals surface area contributed by atoms with Gasteiger partial charge < -0.3 is 4.74 Å². The molecule has 3 aromatic carbocycles. The van der Waals surface area contributed by atoms with Crippen LogP contribution < -0.4 is 9.64 Å². The molecule has 0 saturated carbocycles. The van der Waals surface area contributed by atoms with Crippen LogP contribution in [0.5, 0.6) is 11.5 Å². The van der Waals surface area contributed by atoms with E-state index in [1.165, 1.54) is 11.3 Å². The standard InChI is InChI=1S/C21H16N2O2S/c1-23(21-22-18-12-5-6-13-19(18)26-21)20(24)15-8-7-11-17(14-15)25-16-9-3-2-4-10-16/h2-14H,1H3. The minimum Gasteiger partial charge on any atom is -0.457 e. The number of hydrogen-bond acceptors (Lipinski definition) is 4. The fourth-order valence-electron chi connectivity index (χ4n) is 2.60. The summed E-state index contributed by atoms with van der Waals surface area (Å²) in [7, 11) is 1.74. The number of anilines is 1. The zero-order chi connectivity index (χ0) is 17.9. The normalized spacial score (nSPS) is 10.7. The lowest BCUT2D eigenvalue weighted by Gasteiger charge is -2.14. The number of nitrogens with zero attached hydrogens (tertiary/aromatic N) is 2. The molecule has 0 aliphatic heterocycles. The van der Waals surface area contributed by atoms with Gasteiger partial charge in [0.15, 0.2) is 5.13 Å². The van der Waals surface area contributed by atoms with E-state index >= 15 is 0 Å². The Bertz CT molecular complexity index is 1030. The van der Waals surface area contributed by atoms with Crippen LogP contribution in [-0.2, 0) is 0 Å². The highest BCUT2D eigenvalue weighted by Crippen LogP contribution is 2.29. The largest absolute Gasteiger partial charge is 0.457 e. The summed E-state index contributed by atoms with van der Waals surface area (Å²) < 4.78 is 6.88. The molecule has 0 radical (unpaired) electrons. The monoisotopic (exact) mass is 360 g/mol. The maximum Gasteiger partial charge on any atom is 0.259 e. The van der Waals surface area contributed by atoms with Gasteiger partial charge in [-0.25, -0.2) is 4.98 Å². The number of aromatic nitrogens is 1. The summed E-state index contributed by atoms with van der Waals surface area (Å²) in [5.74, 6) is 1.24. The predicted molar refractivity (Wildman–Crippen MR) is 105 cm³/mol. The Hall–Kier alpha value is -3.18. The molecule has 5 heteroatoms. The minimum absolute atomic E-state index is 0.123. The first-order valence-electron chi connectivity index (χ1n) is 8.17. The Morgan fingerprint density at radius 2 is 1.65 bits per heavy atom. The average Bonchev–Trinajstić information content (AvgIpc) is 3.12. The van der Waals surface area contributed by atoms with Gasteiger partial charge in [0.2, 0.25) is 0 Å². The van der Waals surface area contributed by atoms with E-state index in [1.54, 1.807) is 24.1 Å². The lowest BCUT2D eigenvalue weighted by Crippen LogP contribution is -2.25. The molecule has 0 spiro atoms. The third-order valence-corrected chi connectivity index (χ3v) is 5.05. The summed E-state index contributed by atoms with van der Waals surface area (Å²) in [4.78, 5) is 19.0. The molecule has 4 nitrogen and oxygen atoms in total. The van der Waals surface area contributed by atoms with E-state index in [-0.39, 0.29) is 5.91 Å². The molecule has 4 rings (SSSR count). The summed E-state index contributed by atoms with van der Waals surface area (Å²) in [6, 6.07) is 24.5. The topological polar surface area (TPSA) is 42.4 Å². The Balaban J connectivity index is 1.58. The Morgan fingerprint density at radius 1 is 0.923 bits per heavy atom. The number of para-hydroxylation sites is 2. The van der Waals surface area contributed by atoms with Gasteiger partial charge in [0.1, 0.15) is 11.5 Å². The van der Waals surface area contributed by atoms with Crippen molar-refractivity contribution in [2.75, 3.05) is 11.9 Å². The van der Waals surface area contributed by atoms with Crippen LogP contribution in [-0.4, -0.2) is 17.9 Å². The first-order chi connectivity index (χ1) is 12.7. The number of thiazole rings is 1. The van der Waals surface area contributed by atoms with Gasteiger partial charge in [0.05, 0.1) is 10.2 Å². The van der Waals surface area contributed by atoms with Crippen molar-refractivity contribution >= 4 is 32.6 Å². The maximum absolute atomic E-state index is 12.9. The van der Waals surface area contributed by atoms with Crippen LogP contribution in [0.15, 0.2) is 78.9 Å². The average molecular weight is 360 g/mol. The first kappa shape index (κ1) is 16.3. The lowest BCUT2D eigenvalue weighted by atomic mass is 10.2. The zero-order valence-electron chi connectivity index (χ0n) is 14.1. The number of amides is 1. The van der Waals surface area contributed by atoms with Crippen LogP contribution in [0.4, 0.5) is 5.13 Å². The second kappa shape index (κ2) is 6.98. The van der Waals surface area contributed by atoms with E-state index in [0.717, 1.165) is 16.0 Å². The van der Waals surface area contributed by atoms with Crippen molar-refractivity contribution in [3.63, 3.8) is 0 Å². The molecule has 4 aromatic rings. The van der Waals surface area contributed by atoms with Gasteiger partial charge in [0.25, 0.3) is 5.91 Å². The Labute approximate surface area is 155 Å². The fourth-order valence-corrected chi connectivity index (χ4v) is 3.53. The van der Waals surface area contributed by atoms with Crippen LogP contribution in [0.3, 0.4) is 0 Å². The molecule has 26 heavy (non-hydrogen) atoms. The fraction of sp³-hybridized carbons (Fsp3) is 0.0476. The van der Waals surface area contributed by atoms with E-state index in [1.807, 2.05) is 66.7 Å². The zero-order valence-corrected chi connectivity index (χ0v) is 14.9. The van der Waals surface area contributed by atoms with Crippen molar-refractivity contribution in [1.29, 1.82) is 0 Å². The van der Waals surface area contributed by atoms with E-state index in [9.17, 15) is 4.79 Å². The highest BCUT2D eigenvalue weighted by Gasteiger charge is 2.17. The maximum atomic E-state index is 12.9. The van der Waals surface area contributed by atoms with Gasteiger partial charge in [-0.3, -0.25) is 9.69 Å². The molecule has 0 bridgehead atoms. The van der Waals surface area contributed by atoms with Crippen molar-refractivity contribution in [2.45, 2.75) is 0 Å². The van der Waals surface area contributed by atoms with Crippen LogP contribution in [0, 0.1) is 0 Å². The second-order valence-corrected chi connectivity index (χ2v) is 6.78. The summed E-state index contributed by atoms with van der Waals surface area (Å²) in [5.41, 5.74) is 1.45. The van der Waals surface area contributed by atoms with E-state index in [2.05, 4.69) is 4.98 Å². The summed E-state index contributed by atoms with van der Waals surface area (Å²) in [6.07, 6.45) is 0. The van der Waals surface area contributed by atoms with Gasteiger partial charge in [-0.1, -0.05) is 47.7 Å². The minimum atomic E-state index is -0.123. The van der Waals surface area contributed by atoms with Crippen LogP contribution in [0.25, 0.3) is 10.2 Å². The SMILES string of the molecule is CN(C(=O)c1cccc(Oc2ccccc2)c1)c1nc2ccccc2s1. The van der Waals surface area contributed by atoms with Crippen LogP contribution in [0.2, 0.25) is 0 Å². The summed E-state index contributed by atoms with van der Waals surface area (Å²) in [5, 5.41) is 0.672. The van der Waals surface area contributed by atoms with Gasteiger partial charge in [0, 0.05) is 12.6 Å². The molecule has 0 atom stereocenters. The van der Waals surface area contributed by atoms with E-state index in [4.69, 9.17) is 4.74 Å². The lowest BCUT2D eigenvalue weighted by molar-refractivity contribution is 0.0992. The summed E-state index contributed by atoms with van der Waals surface area (Å²) in [6.45, 7) is 0.